The second-order valence-corrected chi connectivity index (χ2v) is 8.30. The number of amides is 1. The summed E-state index contributed by atoms with van der Waals surface area (Å²) in [5.41, 5.74) is 4.78. The van der Waals surface area contributed by atoms with Gasteiger partial charge in [0.25, 0.3) is 5.91 Å². The molecule has 8 nitrogen and oxygen atoms in total. The molecule has 0 unspecified atom stereocenters. The third-order valence-electron chi connectivity index (χ3n) is 5.46. The lowest BCUT2D eigenvalue weighted by Gasteiger charge is -2.08. The number of phenols is 1. The number of hydrogen-bond donors (Lipinski definition) is 2. The molecule has 0 radical (unpaired) electrons. The van der Waals surface area contributed by atoms with Crippen LogP contribution in [0.3, 0.4) is 0 Å². The van der Waals surface area contributed by atoms with E-state index in [9.17, 15) is 19.5 Å². The highest BCUT2D eigenvalue weighted by molar-refractivity contribution is 5.97. The van der Waals surface area contributed by atoms with Crippen LogP contribution in [0, 0.1) is 6.92 Å². The fraction of sp³-hybridized carbons (Fsp3) is 0.0323. The standard InChI is InChI=1S/C31H24N2O6/c1-21-14-16-23(17-15-21)31(37)39-27-12-6-2-8-22(27)18-19-29(35)38-28-13-7-3-9-24(28)20-32-33-30(36)25-10-4-5-11-26(25)34/h2-20,34H,1H3,(H,33,36)/b19-18+,32-20+. The van der Waals surface area contributed by atoms with Crippen LogP contribution in [-0.2, 0) is 4.79 Å². The molecule has 4 rings (SSSR count). The van der Waals surface area contributed by atoms with Crippen molar-refractivity contribution in [1.82, 2.24) is 5.43 Å². The molecule has 8 heteroatoms. The second-order valence-electron chi connectivity index (χ2n) is 8.30. The number of para-hydroxylation sites is 3. The largest absolute Gasteiger partial charge is 0.507 e. The lowest BCUT2D eigenvalue weighted by molar-refractivity contribution is -0.128. The number of ether oxygens (including phenoxy) is 2. The molecule has 0 aliphatic carbocycles. The first-order valence-electron chi connectivity index (χ1n) is 11.9. The molecule has 2 N–H and O–H groups in total. The lowest BCUT2D eigenvalue weighted by atomic mass is 10.1. The summed E-state index contributed by atoms with van der Waals surface area (Å²) in [5.74, 6) is -1.44. The normalized spacial score (nSPS) is 10.9. The van der Waals surface area contributed by atoms with Crippen LogP contribution >= 0.6 is 0 Å². The quantitative estimate of drug-likeness (QED) is 0.107. The lowest BCUT2D eigenvalue weighted by Crippen LogP contribution is -2.17. The summed E-state index contributed by atoms with van der Waals surface area (Å²) in [6.07, 6.45) is 4.03. The maximum absolute atomic E-state index is 12.6. The fourth-order valence-electron chi connectivity index (χ4n) is 3.43. The summed E-state index contributed by atoms with van der Waals surface area (Å²) < 4.78 is 11.0. The Morgan fingerprint density at radius 3 is 2.10 bits per heavy atom. The summed E-state index contributed by atoms with van der Waals surface area (Å²) in [4.78, 5) is 37.3. The molecule has 0 heterocycles. The van der Waals surface area contributed by atoms with E-state index in [2.05, 4.69) is 10.5 Å². The molecule has 4 aromatic carbocycles. The first-order valence-corrected chi connectivity index (χ1v) is 11.9. The zero-order chi connectivity index (χ0) is 27.6. The minimum Gasteiger partial charge on any atom is -0.507 e. The van der Waals surface area contributed by atoms with Gasteiger partial charge < -0.3 is 14.6 Å². The summed E-state index contributed by atoms with van der Waals surface area (Å²) in [6, 6.07) is 26.5. The topological polar surface area (TPSA) is 114 Å². The number of aromatic hydroxyl groups is 1. The molecule has 39 heavy (non-hydrogen) atoms. The van der Waals surface area contributed by atoms with Gasteiger partial charge >= 0.3 is 11.9 Å². The van der Waals surface area contributed by atoms with Crippen LogP contribution in [0.4, 0.5) is 0 Å². The van der Waals surface area contributed by atoms with E-state index in [0.29, 0.717) is 22.4 Å². The minimum absolute atomic E-state index is 0.0735. The van der Waals surface area contributed by atoms with Crippen molar-refractivity contribution in [2.45, 2.75) is 6.92 Å². The molecular weight excluding hydrogens is 496 g/mol. The highest BCUT2D eigenvalue weighted by Crippen LogP contribution is 2.22. The van der Waals surface area contributed by atoms with Gasteiger partial charge in [0.05, 0.1) is 17.3 Å². The van der Waals surface area contributed by atoms with E-state index in [0.717, 1.165) is 5.56 Å². The van der Waals surface area contributed by atoms with Crippen molar-refractivity contribution < 1.29 is 29.0 Å². The molecule has 0 bridgehead atoms. The number of esters is 2. The van der Waals surface area contributed by atoms with Crippen molar-refractivity contribution in [2.24, 2.45) is 5.10 Å². The smallest absolute Gasteiger partial charge is 0.343 e. The van der Waals surface area contributed by atoms with Crippen molar-refractivity contribution in [3.8, 4) is 17.2 Å². The Morgan fingerprint density at radius 2 is 1.38 bits per heavy atom. The SMILES string of the molecule is Cc1ccc(C(=O)Oc2ccccc2/C=C/C(=O)Oc2ccccc2/C=N/NC(=O)c2ccccc2O)cc1. The molecule has 1 amide bonds. The molecule has 194 valence electrons. The molecule has 0 aromatic heterocycles. The highest BCUT2D eigenvalue weighted by atomic mass is 16.5. The maximum Gasteiger partial charge on any atom is 0.343 e. The van der Waals surface area contributed by atoms with E-state index < -0.39 is 17.8 Å². The van der Waals surface area contributed by atoms with E-state index in [-0.39, 0.29) is 17.1 Å². The fourth-order valence-corrected chi connectivity index (χ4v) is 3.43. The zero-order valence-corrected chi connectivity index (χ0v) is 20.9. The van der Waals surface area contributed by atoms with Crippen LogP contribution in [0.25, 0.3) is 6.08 Å². The average Bonchev–Trinajstić information content (AvgIpc) is 2.94. The summed E-state index contributed by atoms with van der Waals surface area (Å²) >= 11 is 0. The van der Waals surface area contributed by atoms with Crippen LogP contribution in [0.2, 0.25) is 0 Å². The van der Waals surface area contributed by atoms with Crippen LogP contribution < -0.4 is 14.9 Å². The summed E-state index contributed by atoms with van der Waals surface area (Å²) in [7, 11) is 0. The Labute approximate surface area is 224 Å². The number of nitrogens with zero attached hydrogens (tertiary/aromatic N) is 1. The Morgan fingerprint density at radius 1 is 0.769 bits per heavy atom. The molecule has 0 aliphatic rings. The first kappa shape index (κ1) is 26.6. The monoisotopic (exact) mass is 520 g/mol. The van der Waals surface area contributed by atoms with E-state index >= 15 is 0 Å². The van der Waals surface area contributed by atoms with Gasteiger partial charge in [-0.2, -0.15) is 5.10 Å². The predicted octanol–water partition coefficient (Wildman–Crippen LogP) is 5.30. The van der Waals surface area contributed by atoms with Crippen molar-refractivity contribution >= 4 is 30.1 Å². The number of carbonyl (C=O) groups is 3. The van der Waals surface area contributed by atoms with Crippen molar-refractivity contribution in [3.05, 3.63) is 131 Å². The number of carbonyl (C=O) groups excluding carboxylic acids is 3. The number of aryl methyl sites for hydroxylation is 1. The van der Waals surface area contributed by atoms with Gasteiger partial charge in [0, 0.05) is 17.2 Å². The van der Waals surface area contributed by atoms with Gasteiger partial charge in [0.1, 0.15) is 17.2 Å². The van der Waals surface area contributed by atoms with Gasteiger partial charge in [0.2, 0.25) is 0 Å². The van der Waals surface area contributed by atoms with Gasteiger partial charge in [-0.15, -0.1) is 0 Å². The van der Waals surface area contributed by atoms with Crippen LogP contribution in [0.1, 0.15) is 37.4 Å². The van der Waals surface area contributed by atoms with Gasteiger partial charge in [0.15, 0.2) is 0 Å². The zero-order valence-electron chi connectivity index (χ0n) is 20.9. The molecule has 0 aliphatic heterocycles. The molecule has 0 saturated heterocycles. The van der Waals surface area contributed by atoms with Gasteiger partial charge in [-0.3, -0.25) is 4.79 Å². The third-order valence-corrected chi connectivity index (χ3v) is 5.46. The number of rotatable bonds is 8. The van der Waals surface area contributed by atoms with Crippen LogP contribution in [0.5, 0.6) is 17.2 Å². The van der Waals surface area contributed by atoms with Crippen LogP contribution in [0.15, 0.2) is 108 Å². The van der Waals surface area contributed by atoms with E-state index in [4.69, 9.17) is 9.47 Å². The van der Waals surface area contributed by atoms with Gasteiger partial charge in [-0.1, -0.05) is 60.2 Å². The molecule has 0 fully saturated rings. The minimum atomic E-state index is -0.672. The Hall–Kier alpha value is -5.50. The second kappa shape index (κ2) is 12.6. The van der Waals surface area contributed by atoms with Gasteiger partial charge in [-0.05, 0) is 55.5 Å². The predicted molar refractivity (Wildman–Crippen MR) is 147 cm³/mol. The van der Waals surface area contributed by atoms with Crippen molar-refractivity contribution in [3.63, 3.8) is 0 Å². The maximum atomic E-state index is 12.6. The Kier molecular flexibility index (Phi) is 8.61. The third kappa shape index (κ3) is 7.27. The van der Waals surface area contributed by atoms with Crippen molar-refractivity contribution in [2.75, 3.05) is 0 Å². The first-order chi connectivity index (χ1) is 18.9. The summed E-state index contributed by atoms with van der Waals surface area (Å²) in [5, 5.41) is 13.7. The molecule has 4 aromatic rings. The van der Waals surface area contributed by atoms with Gasteiger partial charge in [-0.25, -0.2) is 15.0 Å². The number of benzene rings is 4. The summed E-state index contributed by atoms with van der Waals surface area (Å²) in [6.45, 7) is 1.93. The Bertz CT molecular complexity index is 1560. The Balaban J connectivity index is 1.41. The molecule has 0 spiro atoms. The average molecular weight is 521 g/mol. The highest BCUT2D eigenvalue weighted by Gasteiger charge is 2.12. The van der Waals surface area contributed by atoms with E-state index in [1.54, 1.807) is 72.8 Å². The van der Waals surface area contributed by atoms with Crippen molar-refractivity contribution in [1.29, 1.82) is 0 Å². The molecular formula is C31H24N2O6. The van der Waals surface area contributed by atoms with Crippen LogP contribution in [-0.4, -0.2) is 29.2 Å². The number of hydrogen-bond acceptors (Lipinski definition) is 7. The molecule has 0 atom stereocenters. The molecule has 0 saturated carbocycles. The van der Waals surface area contributed by atoms with E-state index in [1.165, 1.54) is 30.5 Å². The van der Waals surface area contributed by atoms with E-state index in [1.807, 2.05) is 19.1 Å². The number of nitrogens with one attached hydrogen (secondary N) is 1. The number of hydrazone groups is 1. The number of phenolic OH excluding ortho intramolecular Hbond substituents is 1.